The number of benzene rings is 3. The molecule has 0 aliphatic carbocycles. The Labute approximate surface area is 213 Å². The van der Waals surface area contributed by atoms with Crippen LogP contribution in [0.25, 0.3) is 22.3 Å². The maximum absolute atomic E-state index is 15.1. The van der Waals surface area contributed by atoms with Crippen LogP contribution in [-0.2, 0) is 11.2 Å². The highest BCUT2D eigenvalue weighted by Crippen LogP contribution is 2.34. The van der Waals surface area contributed by atoms with Gasteiger partial charge in [-0.2, -0.15) is 0 Å². The Morgan fingerprint density at radius 2 is 1.61 bits per heavy atom. The zero-order valence-electron chi connectivity index (χ0n) is 21.2. The molecule has 0 N–H and O–H groups in total. The number of allylic oxidation sites excluding steroid dienone is 2. The summed E-state index contributed by atoms with van der Waals surface area (Å²) in [6, 6.07) is 15.6. The van der Waals surface area contributed by atoms with Gasteiger partial charge in [0.1, 0.15) is 5.82 Å². The summed E-state index contributed by atoms with van der Waals surface area (Å²) in [6.45, 7) is 4.73. The maximum atomic E-state index is 15.1. The number of aryl methyl sites for hydroxylation is 1. The normalized spacial score (nSPS) is 18.1. The molecule has 1 saturated heterocycles. The van der Waals surface area contributed by atoms with E-state index in [-0.39, 0.29) is 17.3 Å². The SMILES string of the molecule is C/C=C/CCc1ccc(-c2ccc(-c3ccc(C4CCC(CCCC)OC4)cc3F)cc2)c(F)c1F. The fourth-order valence-corrected chi connectivity index (χ4v) is 4.99. The molecule has 1 fully saturated rings. The molecule has 0 radical (unpaired) electrons. The lowest BCUT2D eigenvalue weighted by Crippen LogP contribution is -2.24. The Morgan fingerprint density at radius 3 is 2.25 bits per heavy atom. The largest absolute Gasteiger partial charge is 0.378 e. The van der Waals surface area contributed by atoms with Gasteiger partial charge >= 0.3 is 0 Å². The van der Waals surface area contributed by atoms with Gasteiger partial charge in [0, 0.05) is 17.0 Å². The van der Waals surface area contributed by atoms with Crippen molar-refractivity contribution < 1.29 is 17.9 Å². The quantitative estimate of drug-likeness (QED) is 0.270. The third kappa shape index (κ3) is 6.10. The van der Waals surface area contributed by atoms with Crippen molar-refractivity contribution in [3.05, 3.63) is 95.3 Å². The van der Waals surface area contributed by atoms with Gasteiger partial charge in [-0.05, 0) is 67.3 Å². The van der Waals surface area contributed by atoms with Gasteiger partial charge in [0.15, 0.2) is 11.6 Å². The van der Waals surface area contributed by atoms with Crippen LogP contribution in [0.4, 0.5) is 13.2 Å². The zero-order valence-corrected chi connectivity index (χ0v) is 21.2. The van der Waals surface area contributed by atoms with Crippen molar-refractivity contribution in [1.29, 1.82) is 0 Å². The Morgan fingerprint density at radius 1 is 0.889 bits per heavy atom. The molecule has 0 aromatic heterocycles. The molecule has 3 aromatic rings. The molecule has 0 bridgehead atoms. The van der Waals surface area contributed by atoms with Gasteiger partial charge in [-0.3, -0.25) is 0 Å². The van der Waals surface area contributed by atoms with E-state index >= 15 is 4.39 Å². The molecule has 1 nitrogen and oxygen atoms in total. The Balaban J connectivity index is 1.46. The summed E-state index contributed by atoms with van der Waals surface area (Å²) in [5.74, 6) is -1.71. The highest BCUT2D eigenvalue weighted by atomic mass is 19.2. The zero-order chi connectivity index (χ0) is 25.5. The van der Waals surface area contributed by atoms with Crippen LogP contribution < -0.4 is 0 Å². The van der Waals surface area contributed by atoms with Crippen LogP contribution in [0.3, 0.4) is 0 Å². The maximum Gasteiger partial charge on any atom is 0.166 e. The smallest absolute Gasteiger partial charge is 0.166 e. The molecule has 3 aromatic carbocycles. The van der Waals surface area contributed by atoms with Gasteiger partial charge in [-0.1, -0.05) is 80.4 Å². The van der Waals surface area contributed by atoms with Crippen molar-refractivity contribution >= 4 is 0 Å². The van der Waals surface area contributed by atoms with E-state index in [1.165, 1.54) is 12.8 Å². The predicted octanol–water partition coefficient (Wildman–Crippen LogP) is 9.40. The topological polar surface area (TPSA) is 9.23 Å². The number of ether oxygens (including phenoxy) is 1. The van der Waals surface area contributed by atoms with Gasteiger partial charge in [-0.25, -0.2) is 13.2 Å². The molecule has 36 heavy (non-hydrogen) atoms. The third-order valence-corrected chi connectivity index (χ3v) is 7.20. The highest BCUT2D eigenvalue weighted by Gasteiger charge is 2.23. The van der Waals surface area contributed by atoms with Crippen molar-refractivity contribution in [2.75, 3.05) is 6.61 Å². The van der Waals surface area contributed by atoms with E-state index < -0.39 is 11.6 Å². The number of unbranched alkanes of at least 4 members (excludes halogenated alkanes) is 1. The molecule has 4 rings (SSSR count). The molecule has 0 spiro atoms. The van der Waals surface area contributed by atoms with Crippen LogP contribution in [0.15, 0.2) is 66.7 Å². The summed E-state index contributed by atoms with van der Waals surface area (Å²) in [4.78, 5) is 0. The second-order valence-electron chi connectivity index (χ2n) is 9.70. The van der Waals surface area contributed by atoms with Crippen LogP contribution in [0.1, 0.15) is 69.4 Å². The van der Waals surface area contributed by atoms with E-state index in [4.69, 9.17) is 4.74 Å². The first kappa shape index (κ1) is 26.2. The average molecular weight is 493 g/mol. The summed E-state index contributed by atoms with van der Waals surface area (Å²) < 4.78 is 50.5. The summed E-state index contributed by atoms with van der Waals surface area (Å²) in [7, 11) is 0. The summed E-state index contributed by atoms with van der Waals surface area (Å²) in [6.07, 6.45) is 10.8. The van der Waals surface area contributed by atoms with Crippen molar-refractivity contribution in [3.63, 3.8) is 0 Å². The van der Waals surface area contributed by atoms with Crippen molar-refractivity contribution in [2.45, 2.75) is 70.8 Å². The molecule has 190 valence electrons. The van der Waals surface area contributed by atoms with Crippen LogP contribution in [-0.4, -0.2) is 12.7 Å². The van der Waals surface area contributed by atoms with Crippen molar-refractivity contribution in [2.24, 2.45) is 0 Å². The second-order valence-corrected chi connectivity index (χ2v) is 9.70. The van der Waals surface area contributed by atoms with E-state index in [0.29, 0.717) is 47.8 Å². The Kier molecular flexibility index (Phi) is 9.03. The fourth-order valence-electron chi connectivity index (χ4n) is 4.99. The highest BCUT2D eigenvalue weighted by molar-refractivity contribution is 5.71. The molecule has 0 amide bonds. The van der Waals surface area contributed by atoms with E-state index in [1.807, 2.05) is 31.2 Å². The van der Waals surface area contributed by atoms with Crippen molar-refractivity contribution in [1.82, 2.24) is 0 Å². The van der Waals surface area contributed by atoms with Gasteiger partial charge < -0.3 is 4.74 Å². The minimum Gasteiger partial charge on any atom is -0.378 e. The molecule has 0 saturated carbocycles. The van der Waals surface area contributed by atoms with Gasteiger partial charge in [0.25, 0.3) is 0 Å². The minimum atomic E-state index is -0.845. The number of rotatable bonds is 9. The van der Waals surface area contributed by atoms with Crippen LogP contribution in [0.2, 0.25) is 0 Å². The Hall–Kier alpha value is -2.85. The first-order chi connectivity index (χ1) is 17.5. The predicted molar refractivity (Wildman–Crippen MR) is 142 cm³/mol. The first-order valence-electron chi connectivity index (χ1n) is 13.1. The van der Waals surface area contributed by atoms with Crippen LogP contribution in [0.5, 0.6) is 0 Å². The van der Waals surface area contributed by atoms with E-state index in [9.17, 15) is 8.78 Å². The van der Waals surface area contributed by atoms with Crippen LogP contribution >= 0.6 is 0 Å². The summed E-state index contributed by atoms with van der Waals surface area (Å²) in [5.41, 5.74) is 3.30. The molecule has 1 aliphatic heterocycles. The fraction of sp³-hybridized carbons (Fsp3) is 0.375. The van der Waals surface area contributed by atoms with Gasteiger partial charge in [-0.15, -0.1) is 0 Å². The van der Waals surface area contributed by atoms with Gasteiger partial charge in [0.2, 0.25) is 0 Å². The monoisotopic (exact) mass is 492 g/mol. The molecule has 1 heterocycles. The first-order valence-corrected chi connectivity index (χ1v) is 13.1. The molecule has 1 aliphatic rings. The molecular weight excluding hydrogens is 457 g/mol. The number of hydrogen-bond donors (Lipinski definition) is 0. The Bertz CT molecular complexity index is 1170. The second kappa shape index (κ2) is 12.4. The molecule has 4 heteroatoms. The lowest BCUT2D eigenvalue weighted by molar-refractivity contribution is -0.00193. The van der Waals surface area contributed by atoms with Crippen molar-refractivity contribution in [3.8, 4) is 22.3 Å². The number of halogens is 3. The number of hydrogen-bond acceptors (Lipinski definition) is 1. The van der Waals surface area contributed by atoms with Gasteiger partial charge in [0.05, 0.1) is 12.7 Å². The average Bonchev–Trinajstić information content (AvgIpc) is 2.90. The summed E-state index contributed by atoms with van der Waals surface area (Å²) in [5, 5.41) is 0. The standard InChI is InChI=1S/C32H35F3O/c1-3-5-7-8-24-15-19-29(32(35)31(24)34)23-12-10-22(11-13-23)28-18-16-25(20-30(28)33)26-14-17-27(36-21-26)9-6-4-2/h3,5,10-13,15-16,18-20,26-27H,4,6-9,14,17,21H2,1-2H3/b5-3+. The minimum absolute atomic E-state index is 0.208. The molecule has 2 unspecified atom stereocenters. The van der Waals surface area contributed by atoms with Crippen LogP contribution in [0, 0.1) is 17.5 Å². The van der Waals surface area contributed by atoms with E-state index in [2.05, 4.69) is 6.92 Å². The van der Waals surface area contributed by atoms with E-state index in [0.717, 1.165) is 24.8 Å². The van der Waals surface area contributed by atoms with E-state index in [1.54, 1.807) is 42.5 Å². The molecule has 2 atom stereocenters. The lowest BCUT2D eigenvalue weighted by atomic mass is 9.89. The summed E-state index contributed by atoms with van der Waals surface area (Å²) >= 11 is 0. The lowest BCUT2D eigenvalue weighted by Gasteiger charge is -2.29. The third-order valence-electron chi connectivity index (χ3n) is 7.20. The molecular formula is C32H35F3O.